The van der Waals surface area contributed by atoms with Gasteiger partial charge in [0, 0.05) is 19.0 Å². The lowest BCUT2D eigenvalue weighted by Gasteiger charge is -2.35. The van der Waals surface area contributed by atoms with Crippen molar-refractivity contribution in [2.24, 2.45) is 11.8 Å². The molecule has 1 aliphatic carbocycles. The number of likely N-dealkylation sites (tertiary alicyclic amines) is 1. The van der Waals surface area contributed by atoms with Gasteiger partial charge in [-0.3, -0.25) is 9.69 Å². The molecule has 1 aliphatic heterocycles. The Labute approximate surface area is 138 Å². The minimum absolute atomic E-state index is 0.275. The van der Waals surface area contributed by atoms with Gasteiger partial charge in [-0.05, 0) is 41.9 Å². The Bertz CT molecular complexity index is 709. The van der Waals surface area contributed by atoms with E-state index in [1.165, 1.54) is 16.7 Å². The first kappa shape index (κ1) is 14.6. The summed E-state index contributed by atoms with van der Waals surface area (Å²) in [4.78, 5) is 13.9. The van der Waals surface area contributed by atoms with Crippen molar-refractivity contribution in [2.45, 2.75) is 19.3 Å². The fourth-order valence-electron chi connectivity index (χ4n) is 4.65. The number of Topliss-reactive ketones (excluding diaryl/α,β-unsaturated/α-hetero) is 1. The van der Waals surface area contributed by atoms with E-state index >= 15 is 0 Å². The second kappa shape index (κ2) is 5.93. The lowest BCUT2D eigenvalue weighted by molar-refractivity contribution is -0.117. The van der Waals surface area contributed by atoms with Crippen molar-refractivity contribution < 1.29 is 4.79 Å². The fraction of sp³-hybridized carbons (Fsp3) is 0.381. The Morgan fingerprint density at radius 2 is 1.78 bits per heavy atom. The van der Waals surface area contributed by atoms with Gasteiger partial charge in [0.05, 0.1) is 6.54 Å². The monoisotopic (exact) mass is 305 g/mol. The first-order chi connectivity index (χ1) is 11.2. The van der Waals surface area contributed by atoms with E-state index in [0.29, 0.717) is 24.3 Å². The first-order valence-corrected chi connectivity index (χ1v) is 8.57. The van der Waals surface area contributed by atoms with E-state index in [1.54, 1.807) is 6.92 Å². The number of carbonyl (C=O) groups excluding carboxylic acids is 1. The molecule has 0 radical (unpaired) electrons. The molecule has 1 saturated heterocycles. The summed E-state index contributed by atoms with van der Waals surface area (Å²) in [5, 5.41) is 0. The zero-order chi connectivity index (χ0) is 15.8. The number of fused-ring (bicyclic) bond motifs is 2. The van der Waals surface area contributed by atoms with E-state index in [2.05, 4.69) is 59.5 Å². The molecule has 0 aromatic heterocycles. The van der Waals surface area contributed by atoms with Gasteiger partial charge in [0.2, 0.25) is 0 Å². The van der Waals surface area contributed by atoms with Crippen LogP contribution in [0.15, 0.2) is 54.6 Å². The molecule has 2 heteroatoms. The highest BCUT2D eigenvalue weighted by Crippen LogP contribution is 2.46. The molecule has 1 heterocycles. The van der Waals surface area contributed by atoms with Gasteiger partial charge in [0.15, 0.2) is 0 Å². The van der Waals surface area contributed by atoms with Crippen LogP contribution >= 0.6 is 0 Å². The SMILES string of the molecule is CC(=O)CN1CC2Cc3ccccc3C(c3ccccc3)C2C1. The summed E-state index contributed by atoms with van der Waals surface area (Å²) >= 11 is 0. The number of hydrogen-bond acceptors (Lipinski definition) is 2. The van der Waals surface area contributed by atoms with Gasteiger partial charge in [-0.2, -0.15) is 0 Å². The lowest BCUT2D eigenvalue weighted by Crippen LogP contribution is -2.29. The maximum Gasteiger partial charge on any atom is 0.143 e. The molecule has 3 atom stereocenters. The van der Waals surface area contributed by atoms with Crippen molar-refractivity contribution in [1.29, 1.82) is 0 Å². The van der Waals surface area contributed by atoms with Crippen LogP contribution in [0.4, 0.5) is 0 Å². The van der Waals surface area contributed by atoms with E-state index in [9.17, 15) is 4.79 Å². The predicted molar refractivity (Wildman–Crippen MR) is 92.5 cm³/mol. The average Bonchev–Trinajstić information content (AvgIpc) is 2.94. The highest BCUT2D eigenvalue weighted by molar-refractivity contribution is 5.77. The summed E-state index contributed by atoms with van der Waals surface area (Å²) in [5.74, 6) is 2.02. The summed E-state index contributed by atoms with van der Waals surface area (Å²) < 4.78 is 0. The van der Waals surface area contributed by atoms with Crippen molar-refractivity contribution in [3.05, 3.63) is 71.3 Å². The van der Waals surface area contributed by atoms with Gasteiger partial charge in [-0.25, -0.2) is 0 Å². The third kappa shape index (κ3) is 2.72. The van der Waals surface area contributed by atoms with Crippen molar-refractivity contribution >= 4 is 5.78 Å². The number of hydrogen-bond donors (Lipinski definition) is 0. The largest absolute Gasteiger partial charge is 0.299 e. The molecule has 1 fully saturated rings. The maximum atomic E-state index is 11.5. The van der Waals surface area contributed by atoms with Gasteiger partial charge in [0.25, 0.3) is 0 Å². The fourth-order valence-corrected chi connectivity index (χ4v) is 4.65. The Morgan fingerprint density at radius 3 is 2.57 bits per heavy atom. The van der Waals surface area contributed by atoms with Gasteiger partial charge in [-0.1, -0.05) is 54.6 Å². The summed E-state index contributed by atoms with van der Waals surface area (Å²) in [6, 6.07) is 19.8. The molecule has 2 aromatic rings. The molecule has 0 spiro atoms. The lowest BCUT2D eigenvalue weighted by atomic mass is 9.68. The van der Waals surface area contributed by atoms with Crippen LogP contribution < -0.4 is 0 Å². The standard InChI is InChI=1S/C21H23NO/c1-15(23)12-22-13-18-11-17-9-5-6-10-19(17)21(20(18)14-22)16-7-3-2-4-8-16/h2-10,18,20-21H,11-14H2,1H3. The van der Waals surface area contributed by atoms with E-state index in [-0.39, 0.29) is 5.78 Å². The van der Waals surface area contributed by atoms with Crippen molar-refractivity contribution in [2.75, 3.05) is 19.6 Å². The molecule has 0 amide bonds. The minimum atomic E-state index is 0.275. The summed E-state index contributed by atoms with van der Waals surface area (Å²) in [7, 11) is 0. The highest BCUT2D eigenvalue weighted by Gasteiger charge is 2.42. The molecule has 0 bridgehead atoms. The van der Waals surface area contributed by atoms with E-state index in [4.69, 9.17) is 0 Å². The van der Waals surface area contributed by atoms with Crippen molar-refractivity contribution in [1.82, 2.24) is 4.90 Å². The highest BCUT2D eigenvalue weighted by atomic mass is 16.1. The number of ketones is 1. The zero-order valence-electron chi connectivity index (χ0n) is 13.6. The van der Waals surface area contributed by atoms with Gasteiger partial charge < -0.3 is 0 Å². The van der Waals surface area contributed by atoms with Gasteiger partial charge in [-0.15, -0.1) is 0 Å². The molecule has 2 aliphatic rings. The summed E-state index contributed by atoms with van der Waals surface area (Å²) in [5.41, 5.74) is 4.40. The Morgan fingerprint density at radius 1 is 1.04 bits per heavy atom. The Hall–Kier alpha value is -1.93. The number of benzene rings is 2. The number of nitrogens with zero attached hydrogens (tertiary/aromatic N) is 1. The van der Waals surface area contributed by atoms with Crippen LogP contribution in [-0.2, 0) is 11.2 Å². The molecule has 4 rings (SSSR count). The average molecular weight is 305 g/mol. The number of carbonyl (C=O) groups is 1. The third-order valence-corrected chi connectivity index (χ3v) is 5.47. The van der Waals surface area contributed by atoms with E-state index in [1.807, 2.05) is 0 Å². The van der Waals surface area contributed by atoms with E-state index < -0.39 is 0 Å². The van der Waals surface area contributed by atoms with Gasteiger partial charge in [0.1, 0.15) is 5.78 Å². The zero-order valence-corrected chi connectivity index (χ0v) is 13.6. The molecule has 2 aromatic carbocycles. The molecule has 2 nitrogen and oxygen atoms in total. The second-order valence-electron chi connectivity index (χ2n) is 7.11. The van der Waals surface area contributed by atoms with Crippen LogP contribution in [0.3, 0.4) is 0 Å². The van der Waals surface area contributed by atoms with Crippen LogP contribution in [-0.4, -0.2) is 30.3 Å². The quantitative estimate of drug-likeness (QED) is 0.865. The molecule has 0 N–H and O–H groups in total. The van der Waals surface area contributed by atoms with Crippen LogP contribution in [0.25, 0.3) is 0 Å². The van der Waals surface area contributed by atoms with Crippen LogP contribution in [0.2, 0.25) is 0 Å². The summed E-state index contributed by atoms with van der Waals surface area (Å²) in [6.07, 6.45) is 1.15. The van der Waals surface area contributed by atoms with Gasteiger partial charge >= 0.3 is 0 Å². The summed E-state index contributed by atoms with van der Waals surface area (Å²) in [6.45, 7) is 4.40. The molecule has 0 saturated carbocycles. The maximum absolute atomic E-state index is 11.5. The Balaban J connectivity index is 1.73. The molecular formula is C21H23NO. The first-order valence-electron chi connectivity index (χ1n) is 8.57. The van der Waals surface area contributed by atoms with Crippen LogP contribution in [0.5, 0.6) is 0 Å². The van der Waals surface area contributed by atoms with Crippen molar-refractivity contribution in [3.8, 4) is 0 Å². The molecule has 118 valence electrons. The predicted octanol–water partition coefficient (Wildman–Crippen LogP) is 3.51. The smallest absolute Gasteiger partial charge is 0.143 e. The molecule has 3 unspecified atom stereocenters. The van der Waals surface area contributed by atoms with Crippen LogP contribution in [0, 0.1) is 11.8 Å². The van der Waals surface area contributed by atoms with Crippen LogP contribution in [0.1, 0.15) is 29.5 Å². The Kier molecular flexibility index (Phi) is 3.78. The topological polar surface area (TPSA) is 20.3 Å². The molecular weight excluding hydrogens is 282 g/mol. The minimum Gasteiger partial charge on any atom is -0.299 e. The molecule has 23 heavy (non-hydrogen) atoms. The third-order valence-electron chi connectivity index (χ3n) is 5.47. The second-order valence-corrected chi connectivity index (χ2v) is 7.11. The van der Waals surface area contributed by atoms with E-state index in [0.717, 1.165) is 19.5 Å². The van der Waals surface area contributed by atoms with Crippen molar-refractivity contribution in [3.63, 3.8) is 0 Å². The normalized spacial score (nSPS) is 26.6. The number of rotatable bonds is 3.